The monoisotopic (exact) mass is 342 g/mol. The maximum Gasteiger partial charge on any atom is 0.246 e. The van der Waals surface area contributed by atoms with E-state index in [-0.39, 0.29) is 11.9 Å². The molecule has 0 aliphatic carbocycles. The van der Waals surface area contributed by atoms with Gasteiger partial charge in [0.05, 0.1) is 6.04 Å². The predicted octanol–water partition coefficient (Wildman–Crippen LogP) is 2.40. The predicted molar refractivity (Wildman–Crippen MR) is 95.0 cm³/mol. The van der Waals surface area contributed by atoms with Gasteiger partial charge in [-0.05, 0) is 51.6 Å². The van der Waals surface area contributed by atoms with Crippen LogP contribution in [0.15, 0.2) is 28.8 Å². The highest BCUT2D eigenvalue weighted by Gasteiger charge is 2.27. The Bertz CT molecular complexity index is 713. The summed E-state index contributed by atoms with van der Waals surface area (Å²) in [6.45, 7) is 5.83. The zero-order valence-corrected chi connectivity index (χ0v) is 15.0. The Labute approximate surface area is 148 Å². The highest BCUT2D eigenvalue weighted by atomic mass is 16.5. The van der Waals surface area contributed by atoms with E-state index in [0.717, 1.165) is 38.8 Å². The molecule has 3 rings (SSSR count). The summed E-state index contributed by atoms with van der Waals surface area (Å²) < 4.78 is 5.17. The fourth-order valence-corrected chi connectivity index (χ4v) is 3.28. The van der Waals surface area contributed by atoms with Gasteiger partial charge >= 0.3 is 0 Å². The average Bonchev–Trinajstić information content (AvgIpc) is 2.92. The minimum atomic E-state index is -0.128. The number of aromatic nitrogens is 2. The molecule has 0 bridgehead atoms. The van der Waals surface area contributed by atoms with Gasteiger partial charge in [0.15, 0.2) is 5.82 Å². The Morgan fingerprint density at radius 3 is 2.96 bits per heavy atom. The largest absolute Gasteiger partial charge is 0.337 e. The van der Waals surface area contributed by atoms with Crippen molar-refractivity contribution in [2.45, 2.75) is 52.1 Å². The lowest BCUT2D eigenvalue weighted by Gasteiger charge is -2.23. The Morgan fingerprint density at radius 2 is 2.20 bits per heavy atom. The zero-order chi connectivity index (χ0) is 17.6. The van der Waals surface area contributed by atoms with Gasteiger partial charge in [-0.2, -0.15) is 4.98 Å². The smallest absolute Gasteiger partial charge is 0.246 e. The number of aryl methyl sites for hydroxylation is 2. The molecule has 1 saturated heterocycles. The minimum absolute atomic E-state index is 0.128. The van der Waals surface area contributed by atoms with Crippen molar-refractivity contribution < 1.29 is 9.32 Å². The summed E-state index contributed by atoms with van der Waals surface area (Å²) in [6, 6.07) is 8.38. The van der Waals surface area contributed by atoms with Crippen LogP contribution >= 0.6 is 0 Å². The van der Waals surface area contributed by atoms with E-state index in [9.17, 15) is 4.79 Å². The van der Waals surface area contributed by atoms with Crippen molar-refractivity contribution in [1.82, 2.24) is 20.4 Å². The Hall–Kier alpha value is -2.21. The van der Waals surface area contributed by atoms with Crippen LogP contribution in [0.25, 0.3) is 0 Å². The van der Waals surface area contributed by atoms with E-state index in [1.165, 1.54) is 11.1 Å². The Kier molecular flexibility index (Phi) is 5.81. The van der Waals surface area contributed by atoms with Crippen molar-refractivity contribution in [2.24, 2.45) is 0 Å². The van der Waals surface area contributed by atoms with Gasteiger partial charge in [-0.3, -0.25) is 4.79 Å². The van der Waals surface area contributed by atoms with E-state index >= 15 is 0 Å². The Balaban J connectivity index is 1.55. The molecular weight excluding hydrogens is 316 g/mol. The fraction of sp³-hybridized carbons (Fsp3) is 0.526. The Morgan fingerprint density at radius 1 is 1.32 bits per heavy atom. The van der Waals surface area contributed by atoms with E-state index in [0.29, 0.717) is 18.3 Å². The van der Waals surface area contributed by atoms with Crippen molar-refractivity contribution >= 4 is 5.91 Å². The first-order valence-electron chi connectivity index (χ1n) is 8.99. The van der Waals surface area contributed by atoms with Gasteiger partial charge < -0.3 is 14.7 Å². The molecule has 1 atom stereocenters. The van der Waals surface area contributed by atoms with Crippen LogP contribution in [0.5, 0.6) is 0 Å². The molecule has 0 saturated carbocycles. The number of likely N-dealkylation sites (tertiary alicyclic amines) is 1. The number of nitrogens with zero attached hydrogens (tertiary/aromatic N) is 3. The second kappa shape index (κ2) is 8.25. The SMILES string of the molecule is Cc1cccc(CCNC2CCCCN(Cc3nc(C)no3)C2=O)c1. The number of amides is 1. The van der Waals surface area contributed by atoms with Crippen molar-refractivity contribution in [2.75, 3.05) is 13.1 Å². The molecule has 1 aliphatic rings. The van der Waals surface area contributed by atoms with Crippen LogP contribution in [0.1, 0.15) is 42.1 Å². The molecule has 1 fully saturated rings. The first kappa shape index (κ1) is 17.6. The maximum absolute atomic E-state index is 12.8. The molecule has 134 valence electrons. The molecule has 1 aromatic carbocycles. The average molecular weight is 342 g/mol. The number of benzene rings is 1. The highest BCUT2D eigenvalue weighted by molar-refractivity contribution is 5.82. The van der Waals surface area contributed by atoms with Gasteiger partial charge in [-0.1, -0.05) is 35.0 Å². The normalized spacial score (nSPS) is 18.4. The number of nitrogens with one attached hydrogen (secondary N) is 1. The second-order valence-electron chi connectivity index (χ2n) is 6.74. The van der Waals surface area contributed by atoms with Crippen LogP contribution in [0, 0.1) is 13.8 Å². The minimum Gasteiger partial charge on any atom is -0.337 e. The molecule has 6 nitrogen and oxygen atoms in total. The van der Waals surface area contributed by atoms with Crippen LogP contribution in [0.4, 0.5) is 0 Å². The maximum atomic E-state index is 12.8. The molecule has 0 radical (unpaired) electrons. The number of hydrogen-bond donors (Lipinski definition) is 1. The molecular formula is C19H26N4O2. The zero-order valence-electron chi connectivity index (χ0n) is 15.0. The van der Waals surface area contributed by atoms with Crippen LogP contribution < -0.4 is 5.32 Å². The van der Waals surface area contributed by atoms with Gasteiger partial charge in [0, 0.05) is 6.54 Å². The third-order valence-electron chi connectivity index (χ3n) is 4.56. The lowest BCUT2D eigenvalue weighted by atomic mass is 10.1. The van der Waals surface area contributed by atoms with Gasteiger partial charge in [-0.15, -0.1) is 0 Å². The number of carbonyl (C=O) groups excluding carboxylic acids is 1. The van der Waals surface area contributed by atoms with Crippen molar-refractivity contribution in [3.8, 4) is 0 Å². The van der Waals surface area contributed by atoms with E-state index in [2.05, 4.69) is 46.6 Å². The van der Waals surface area contributed by atoms with E-state index in [1.54, 1.807) is 6.92 Å². The lowest BCUT2D eigenvalue weighted by Crippen LogP contribution is -2.45. The number of rotatable bonds is 6. The fourth-order valence-electron chi connectivity index (χ4n) is 3.28. The van der Waals surface area contributed by atoms with E-state index in [1.807, 2.05) is 4.90 Å². The van der Waals surface area contributed by atoms with Crippen molar-refractivity contribution in [1.29, 1.82) is 0 Å². The summed E-state index contributed by atoms with van der Waals surface area (Å²) in [7, 11) is 0. The van der Waals surface area contributed by atoms with Crippen LogP contribution in [-0.2, 0) is 17.8 Å². The molecule has 2 heterocycles. The first-order chi connectivity index (χ1) is 12.1. The molecule has 2 aromatic rings. The second-order valence-corrected chi connectivity index (χ2v) is 6.74. The summed E-state index contributed by atoms with van der Waals surface area (Å²) in [5.41, 5.74) is 2.57. The van der Waals surface area contributed by atoms with Crippen molar-refractivity contribution in [3.05, 3.63) is 47.1 Å². The van der Waals surface area contributed by atoms with Crippen LogP contribution in [0.3, 0.4) is 0 Å². The summed E-state index contributed by atoms with van der Waals surface area (Å²) in [5, 5.41) is 7.24. The van der Waals surface area contributed by atoms with Crippen LogP contribution in [0.2, 0.25) is 0 Å². The summed E-state index contributed by atoms with van der Waals surface area (Å²) in [5.74, 6) is 1.24. The van der Waals surface area contributed by atoms with E-state index in [4.69, 9.17) is 4.52 Å². The van der Waals surface area contributed by atoms with Crippen LogP contribution in [-0.4, -0.2) is 40.1 Å². The first-order valence-corrected chi connectivity index (χ1v) is 8.99. The molecule has 25 heavy (non-hydrogen) atoms. The highest BCUT2D eigenvalue weighted by Crippen LogP contribution is 2.15. The van der Waals surface area contributed by atoms with Gasteiger partial charge in [0.2, 0.25) is 11.8 Å². The summed E-state index contributed by atoms with van der Waals surface area (Å²) in [6.07, 6.45) is 3.86. The third-order valence-corrected chi connectivity index (χ3v) is 4.56. The molecule has 0 spiro atoms. The third kappa shape index (κ3) is 4.89. The van der Waals surface area contributed by atoms with E-state index < -0.39 is 0 Å². The molecule has 1 N–H and O–H groups in total. The van der Waals surface area contributed by atoms with Gasteiger partial charge in [-0.25, -0.2) is 0 Å². The molecule has 1 aromatic heterocycles. The van der Waals surface area contributed by atoms with Gasteiger partial charge in [0.25, 0.3) is 0 Å². The summed E-state index contributed by atoms with van der Waals surface area (Å²) in [4.78, 5) is 18.9. The summed E-state index contributed by atoms with van der Waals surface area (Å²) >= 11 is 0. The molecule has 1 aliphatic heterocycles. The lowest BCUT2D eigenvalue weighted by molar-refractivity contribution is -0.133. The van der Waals surface area contributed by atoms with Crippen molar-refractivity contribution in [3.63, 3.8) is 0 Å². The molecule has 1 unspecified atom stereocenters. The number of hydrogen-bond acceptors (Lipinski definition) is 5. The molecule has 6 heteroatoms. The topological polar surface area (TPSA) is 71.3 Å². The molecule has 1 amide bonds. The number of carbonyl (C=O) groups is 1. The standard InChI is InChI=1S/C19H26N4O2/c1-14-6-5-7-16(12-14)9-10-20-17-8-3-4-11-23(19(17)24)13-18-21-15(2)22-25-18/h5-7,12,17,20H,3-4,8-11,13H2,1-2H3. The van der Waals surface area contributed by atoms with Gasteiger partial charge in [0.1, 0.15) is 6.54 Å². The quantitative estimate of drug-likeness (QED) is 0.873.